The normalized spacial score (nSPS) is 13.0. The summed E-state index contributed by atoms with van der Waals surface area (Å²) in [5.41, 5.74) is 43.4. The standard InChI is InChI=1S/C29H27N3O2.C29H29N3O.C27H26N4O.C26H25N5O/c1-16-9-7-8-10-23(16)22-11-12-24(20(5)14-22)31-28(33)26-21(6)30-32(27(26)29(31)34)25-15-18(3)17(2)13-19(25)4;1-17-9-7-8-10-24(17)23-11-12-26(21(5)14-23)31-16-25-22(6)30-32(28(25)29(31)33)27-15-19(3)18(2)13-20(27)4;1-16-8-6-7-9-22(16)21-10-11-25(28-14-21)30-15-23-20(5)29-31(26(23)27(30)32)24-13-18(3)17(2)12-19(24)4;1-15-8-6-7-9-21(15)20-12-27-26(28-13-20)30-14-22-19(5)29-31(24(22)25(30)32)23-11-17(3)16(2)10-18(23)4/h7-15H,1-6H3;7-15H,16H2,1-6H3;6-14H,15H2,1-5H3;6-13H,14H2,1-5H3. The van der Waals surface area contributed by atoms with Gasteiger partial charge in [0.05, 0.1) is 76.4 Å². The maximum atomic E-state index is 13.7. The van der Waals surface area contributed by atoms with Crippen molar-refractivity contribution < 1.29 is 24.0 Å². The van der Waals surface area contributed by atoms with E-state index in [1.807, 2.05) is 135 Å². The van der Waals surface area contributed by atoms with Crippen molar-refractivity contribution in [2.75, 3.05) is 19.6 Å². The lowest BCUT2D eigenvalue weighted by molar-refractivity contribution is 0.0917. The molecule has 0 aliphatic carbocycles. The van der Waals surface area contributed by atoms with Gasteiger partial charge >= 0.3 is 0 Å². The molecule has 0 saturated carbocycles. The van der Waals surface area contributed by atoms with E-state index in [1.54, 1.807) is 38.5 Å². The Balaban J connectivity index is 0.000000122. The van der Waals surface area contributed by atoms with Crippen LogP contribution in [0.1, 0.15) is 192 Å². The number of carbonyl (C=O) groups excluding carboxylic acids is 5. The molecule has 5 amide bonds. The molecule has 0 fully saturated rings. The Kier molecular flexibility index (Phi) is 23.3. The molecule has 6 aromatic heterocycles. The van der Waals surface area contributed by atoms with Crippen molar-refractivity contribution in [3.8, 4) is 67.3 Å². The molecule has 10 aromatic carbocycles. The summed E-state index contributed by atoms with van der Waals surface area (Å²) in [5, 5.41) is 18.8. The van der Waals surface area contributed by atoms with Crippen LogP contribution in [0.2, 0.25) is 0 Å². The fourth-order valence-corrected chi connectivity index (χ4v) is 18.5. The average Bonchev–Trinajstić information content (AvgIpc) is 1.58. The molecule has 4 aliphatic rings. The van der Waals surface area contributed by atoms with Crippen molar-refractivity contribution in [1.82, 2.24) is 54.1 Å². The maximum absolute atomic E-state index is 13.7. The zero-order chi connectivity index (χ0) is 92.9. The molecule has 20 nitrogen and oxygen atoms in total. The number of fused-ring (bicyclic) bond motifs is 4. The molecule has 16 aromatic rings. The number of aryl methyl sites for hydroxylation is 22. The second kappa shape index (κ2) is 34.8. The van der Waals surface area contributed by atoms with Crippen molar-refractivity contribution in [1.29, 1.82) is 0 Å². The first-order valence-corrected chi connectivity index (χ1v) is 44.4. The third-order valence-electron chi connectivity index (χ3n) is 26.5. The van der Waals surface area contributed by atoms with Crippen molar-refractivity contribution in [2.45, 2.75) is 172 Å². The van der Waals surface area contributed by atoms with Crippen molar-refractivity contribution in [2.24, 2.45) is 0 Å². The van der Waals surface area contributed by atoms with Gasteiger partial charge in [-0.15, -0.1) is 0 Å². The first-order chi connectivity index (χ1) is 62.6. The minimum atomic E-state index is -0.343. The van der Waals surface area contributed by atoms with Crippen LogP contribution in [0.5, 0.6) is 0 Å². The van der Waals surface area contributed by atoms with Crippen LogP contribution in [0.3, 0.4) is 0 Å². The number of aromatic nitrogens is 11. The molecular weight excluding hydrogens is 1620 g/mol. The number of benzene rings is 10. The van der Waals surface area contributed by atoms with E-state index in [-0.39, 0.29) is 29.5 Å². The summed E-state index contributed by atoms with van der Waals surface area (Å²) in [6, 6.07) is 66.1. The fraction of sp³-hybridized carbons (Fsp3) is 0.225. The summed E-state index contributed by atoms with van der Waals surface area (Å²) in [5.74, 6) is 0.228. The van der Waals surface area contributed by atoms with Crippen LogP contribution in [-0.2, 0) is 19.6 Å². The second-order valence-electron chi connectivity index (χ2n) is 35.6. The SMILES string of the molecule is Cc1cc(C)c(-n2nc(C)c3c2C(=O)N(c2ccc(-c4ccccc4C)cc2C)C3)cc1C.Cc1cc(C)c(-n2nc(C)c3c2C(=O)N(c2ccc(-c4ccccc4C)cc2C)C3=O)cc1C.Cc1cc(C)c(-n2nc(C)c3c2C(=O)N(c2ccc(-c4ccccc4C)cn2)C3)cc1C.Cc1cc(C)c(-n2nc(C)c3c2C(=O)N(c2ncc(-c4ccccc4C)cn2)C3)cc1C. The van der Waals surface area contributed by atoms with E-state index in [2.05, 4.69) is 245 Å². The Morgan fingerprint density at radius 3 is 0.916 bits per heavy atom. The lowest BCUT2D eigenvalue weighted by Gasteiger charge is -2.20. The molecule has 20 rings (SSSR count). The quantitative estimate of drug-likeness (QED) is 0.105. The molecule has 4 aliphatic heterocycles. The molecule has 0 bridgehead atoms. The molecule has 0 spiro atoms. The van der Waals surface area contributed by atoms with Gasteiger partial charge in [0.25, 0.3) is 29.5 Å². The zero-order valence-electron chi connectivity index (χ0n) is 78.6. The van der Waals surface area contributed by atoms with Crippen LogP contribution in [0.25, 0.3) is 67.3 Å². The summed E-state index contributed by atoms with van der Waals surface area (Å²) < 4.78 is 7.10. The van der Waals surface area contributed by atoms with E-state index in [4.69, 9.17) is 15.3 Å². The minimum Gasteiger partial charge on any atom is -0.302 e. The van der Waals surface area contributed by atoms with Crippen LogP contribution in [-0.4, -0.2) is 83.6 Å². The molecule has 0 N–H and O–H groups in total. The Labute approximate surface area is 765 Å². The van der Waals surface area contributed by atoms with E-state index in [9.17, 15) is 24.0 Å². The summed E-state index contributed by atoms with van der Waals surface area (Å²) in [7, 11) is 0. The highest BCUT2D eigenvalue weighted by Gasteiger charge is 2.45. The number of hydrogen-bond donors (Lipinski definition) is 0. The lowest BCUT2D eigenvalue weighted by Crippen LogP contribution is -2.31. The Bertz CT molecular complexity index is 7200. The van der Waals surface area contributed by atoms with Gasteiger partial charge in [-0.05, 0) is 347 Å². The fourth-order valence-electron chi connectivity index (χ4n) is 18.5. The van der Waals surface area contributed by atoms with E-state index >= 15 is 0 Å². The van der Waals surface area contributed by atoms with Crippen LogP contribution in [0, 0.1) is 152 Å². The number of carbonyl (C=O) groups is 5. The molecule has 0 unspecified atom stereocenters. The van der Waals surface area contributed by atoms with Gasteiger partial charge in [0.2, 0.25) is 5.95 Å². The molecule has 131 heavy (non-hydrogen) atoms. The van der Waals surface area contributed by atoms with Crippen molar-refractivity contribution in [3.63, 3.8) is 0 Å². The third-order valence-corrected chi connectivity index (χ3v) is 26.5. The van der Waals surface area contributed by atoms with Crippen molar-refractivity contribution in [3.05, 3.63) is 381 Å². The van der Waals surface area contributed by atoms with E-state index in [0.29, 0.717) is 71.1 Å². The van der Waals surface area contributed by atoms with Gasteiger partial charge in [-0.2, -0.15) is 20.4 Å². The number of anilines is 4. The van der Waals surface area contributed by atoms with Gasteiger partial charge in [0.15, 0.2) is 0 Å². The number of imide groups is 1. The molecule has 0 atom stereocenters. The number of amides is 5. The Hall–Kier alpha value is -15.2. The number of nitrogens with zero attached hydrogens (tertiary/aromatic N) is 15. The van der Waals surface area contributed by atoms with Gasteiger partial charge in [-0.3, -0.25) is 33.8 Å². The lowest BCUT2D eigenvalue weighted by atomic mass is 9.98. The highest BCUT2D eigenvalue weighted by atomic mass is 16.2. The van der Waals surface area contributed by atoms with E-state index in [1.165, 1.54) is 71.7 Å². The first kappa shape index (κ1) is 87.9. The summed E-state index contributed by atoms with van der Waals surface area (Å²) in [6.07, 6.45) is 5.42. The largest absolute Gasteiger partial charge is 0.302 e. The van der Waals surface area contributed by atoms with Gasteiger partial charge in [-0.1, -0.05) is 133 Å². The smallest absolute Gasteiger partial charge is 0.284 e. The minimum absolute atomic E-state index is 0.00923. The van der Waals surface area contributed by atoms with Crippen LogP contribution in [0.15, 0.2) is 213 Å². The predicted molar refractivity (Wildman–Crippen MR) is 522 cm³/mol. The highest BCUT2D eigenvalue weighted by Crippen LogP contribution is 2.42. The molecule has 0 radical (unpaired) electrons. The van der Waals surface area contributed by atoms with Gasteiger partial charge in [-0.25, -0.2) is 38.6 Å². The topological polar surface area (TPSA) is 208 Å². The average molecular weight is 1730 g/mol. The van der Waals surface area contributed by atoms with E-state index < -0.39 is 0 Å². The summed E-state index contributed by atoms with van der Waals surface area (Å²) >= 11 is 0. The first-order valence-electron chi connectivity index (χ1n) is 44.4. The second-order valence-corrected chi connectivity index (χ2v) is 35.6. The predicted octanol–water partition coefficient (Wildman–Crippen LogP) is 23.4. The van der Waals surface area contributed by atoms with Gasteiger partial charge in [0, 0.05) is 52.1 Å². The number of rotatable bonds is 12. The van der Waals surface area contributed by atoms with Gasteiger partial charge in [0.1, 0.15) is 28.6 Å². The van der Waals surface area contributed by atoms with Gasteiger partial charge < -0.3 is 4.90 Å². The number of hydrogen-bond acceptors (Lipinski definition) is 12. The molecule has 0 saturated heterocycles. The summed E-state index contributed by atoms with van der Waals surface area (Å²) in [4.78, 5) is 88.1. The summed E-state index contributed by atoms with van der Waals surface area (Å²) in [6.45, 7) is 46.4. The van der Waals surface area contributed by atoms with Crippen LogP contribution < -0.4 is 19.6 Å². The monoisotopic (exact) mass is 1730 g/mol. The highest BCUT2D eigenvalue weighted by molar-refractivity contribution is 6.34. The molecule has 20 heteroatoms. The van der Waals surface area contributed by atoms with E-state index in [0.717, 1.165) is 140 Å². The maximum Gasteiger partial charge on any atom is 0.284 e. The Morgan fingerprint density at radius 1 is 0.229 bits per heavy atom. The van der Waals surface area contributed by atoms with Crippen LogP contribution >= 0.6 is 0 Å². The molecular formula is C111H107N15O5. The molecule has 656 valence electrons. The Morgan fingerprint density at radius 2 is 0.534 bits per heavy atom. The number of pyridine rings is 1. The third kappa shape index (κ3) is 15.9. The van der Waals surface area contributed by atoms with Crippen LogP contribution in [0.4, 0.5) is 23.1 Å². The van der Waals surface area contributed by atoms with Crippen molar-refractivity contribution >= 4 is 52.7 Å². The zero-order valence-corrected chi connectivity index (χ0v) is 78.6. The molecule has 10 heterocycles.